The Bertz CT molecular complexity index is 1510. The second-order valence-corrected chi connectivity index (χ2v) is 9.75. The highest BCUT2D eigenvalue weighted by molar-refractivity contribution is 6.05. The van der Waals surface area contributed by atoms with Crippen molar-refractivity contribution in [1.82, 2.24) is 19.7 Å². The normalized spacial score (nSPS) is 16.6. The van der Waals surface area contributed by atoms with Gasteiger partial charge in [-0.05, 0) is 63.3 Å². The Balaban J connectivity index is 1.68. The van der Waals surface area contributed by atoms with Crippen molar-refractivity contribution in [3.63, 3.8) is 0 Å². The minimum Gasteiger partial charge on any atom is -0.387 e. The van der Waals surface area contributed by atoms with Gasteiger partial charge in [-0.25, -0.2) is 4.98 Å². The van der Waals surface area contributed by atoms with Crippen molar-refractivity contribution < 1.29 is 14.4 Å². The van der Waals surface area contributed by atoms with E-state index in [0.717, 1.165) is 70.7 Å². The lowest BCUT2D eigenvalue weighted by Crippen LogP contribution is -2.27. The summed E-state index contributed by atoms with van der Waals surface area (Å²) >= 11 is 0. The molecule has 1 aliphatic heterocycles. The molecule has 2 unspecified atom stereocenters. The van der Waals surface area contributed by atoms with Crippen LogP contribution in [0.25, 0.3) is 33.2 Å². The number of nitrogens with zero attached hydrogens (tertiary/aromatic N) is 4. The van der Waals surface area contributed by atoms with E-state index in [1.807, 2.05) is 32.2 Å². The maximum absolute atomic E-state index is 10.4. The summed E-state index contributed by atoms with van der Waals surface area (Å²) in [5, 5.41) is 15.5. The molecule has 0 spiro atoms. The van der Waals surface area contributed by atoms with Crippen molar-refractivity contribution in [2.75, 3.05) is 13.2 Å². The Hall–Kier alpha value is -3.55. The predicted molar refractivity (Wildman–Crippen MR) is 139 cm³/mol. The number of hydrogen-bond acceptors (Lipinski definition) is 6. The van der Waals surface area contributed by atoms with E-state index in [-0.39, 0.29) is 6.04 Å². The molecule has 0 saturated carbocycles. The molecule has 1 fully saturated rings. The molecule has 184 valence electrons. The summed E-state index contributed by atoms with van der Waals surface area (Å²) < 4.78 is 13.5. The van der Waals surface area contributed by atoms with E-state index in [9.17, 15) is 5.11 Å². The number of pyridine rings is 2. The van der Waals surface area contributed by atoms with Gasteiger partial charge in [-0.3, -0.25) is 4.98 Å². The van der Waals surface area contributed by atoms with E-state index >= 15 is 0 Å². The first kappa shape index (κ1) is 22.9. The van der Waals surface area contributed by atoms with Crippen LogP contribution in [-0.2, 0) is 4.74 Å². The maximum Gasteiger partial charge on any atom is 0.143 e. The van der Waals surface area contributed by atoms with Gasteiger partial charge in [-0.15, -0.1) is 0 Å². The number of ether oxygens (including phenoxy) is 1. The third-order valence-corrected chi connectivity index (χ3v) is 7.39. The van der Waals surface area contributed by atoms with Crippen LogP contribution in [0, 0.1) is 19.8 Å². The van der Waals surface area contributed by atoms with E-state index in [2.05, 4.69) is 46.1 Å². The molecule has 1 N–H and O–H groups in total. The molecule has 36 heavy (non-hydrogen) atoms. The molecule has 0 radical (unpaired) electrons. The van der Waals surface area contributed by atoms with Crippen LogP contribution in [0.5, 0.6) is 0 Å². The fraction of sp³-hybridized carbons (Fsp3) is 0.345. The van der Waals surface area contributed by atoms with Gasteiger partial charge in [0.1, 0.15) is 11.4 Å². The van der Waals surface area contributed by atoms with Gasteiger partial charge in [-0.1, -0.05) is 35.5 Å². The summed E-state index contributed by atoms with van der Waals surface area (Å²) in [6, 6.07) is 16.8. The molecular formula is C29H30N4O3. The second-order valence-electron chi connectivity index (χ2n) is 9.75. The molecule has 1 saturated heterocycles. The number of hydrogen-bond donors (Lipinski definition) is 1. The first-order chi connectivity index (χ1) is 17.5. The van der Waals surface area contributed by atoms with E-state index < -0.39 is 6.10 Å². The first-order valence-electron chi connectivity index (χ1n) is 12.6. The lowest BCUT2D eigenvalue weighted by molar-refractivity contribution is 0.0552. The Morgan fingerprint density at radius 1 is 1.06 bits per heavy atom. The fourth-order valence-corrected chi connectivity index (χ4v) is 5.65. The highest BCUT2D eigenvalue weighted by Gasteiger charge is 2.31. The van der Waals surface area contributed by atoms with Crippen molar-refractivity contribution in [3.8, 4) is 11.1 Å². The van der Waals surface area contributed by atoms with E-state index in [1.165, 1.54) is 5.56 Å². The number of aliphatic hydroxyl groups excluding tert-OH is 1. The summed E-state index contributed by atoms with van der Waals surface area (Å²) in [6.45, 7) is 7.14. The summed E-state index contributed by atoms with van der Waals surface area (Å²) in [5.74, 6) is 1.15. The summed E-state index contributed by atoms with van der Waals surface area (Å²) in [7, 11) is 0. The quantitative estimate of drug-likeness (QED) is 0.334. The number of rotatable bonds is 5. The first-order valence-corrected chi connectivity index (χ1v) is 12.6. The van der Waals surface area contributed by atoms with Gasteiger partial charge in [0, 0.05) is 35.9 Å². The fourth-order valence-electron chi connectivity index (χ4n) is 5.65. The molecule has 1 aliphatic rings. The molecule has 6 rings (SSSR count). The largest absolute Gasteiger partial charge is 0.387 e. The van der Waals surface area contributed by atoms with Gasteiger partial charge in [0.25, 0.3) is 0 Å². The van der Waals surface area contributed by atoms with Crippen molar-refractivity contribution in [3.05, 3.63) is 77.4 Å². The van der Waals surface area contributed by atoms with Gasteiger partial charge >= 0.3 is 0 Å². The van der Waals surface area contributed by atoms with E-state index in [4.69, 9.17) is 19.2 Å². The van der Waals surface area contributed by atoms with Crippen LogP contribution in [0.1, 0.15) is 54.6 Å². The van der Waals surface area contributed by atoms with Gasteiger partial charge in [0.15, 0.2) is 0 Å². The third kappa shape index (κ3) is 3.79. The number of aromatic nitrogens is 4. The van der Waals surface area contributed by atoms with Gasteiger partial charge in [-0.2, -0.15) is 0 Å². The van der Waals surface area contributed by atoms with Crippen LogP contribution >= 0.6 is 0 Å². The number of aryl methyl sites for hydroxylation is 2. The number of aliphatic hydroxyl groups is 1. The van der Waals surface area contributed by atoms with Crippen LogP contribution in [0.4, 0.5) is 0 Å². The van der Waals surface area contributed by atoms with Crippen LogP contribution < -0.4 is 0 Å². The molecule has 5 heterocycles. The zero-order valence-electron chi connectivity index (χ0n) is 20.8. The Morgan fingerprint density at radius 2 is 1.83 bits per heavy atom. The molecule has 1 aromatic carbocycles. The zero-order chi connectivity index (χ0) is 24.8. The van der Waals surface area contributed by atoms with Crippen LogP contribution in [0.2, 0.25) is 0 Å². The lowest BCUT2D eigenvalue weighted by Gasteiger charge is -2.32. The Morgan fingerprint density at radius 3 is 2.53 bits per heavy atom. The Labute approximate surface area is 209 Å². The Kier molecular flexibility index (Phi) is 5.82. The molecule has 4 aromatic heterocycles. The SMILES string of the molecule is Cc1noc(C)c1-c1cnc2c3ccc(C(C)O)nc3n(C(c3ccccc3)C3CCOCC3)c2c1. The molecule has 5 aromatic rings. The zero-order valence-corrected chi connectivity index (χ0v) is 20.8. The van der Waals surface area contributed by atoms with Gasteiger partial charge in [0.2, 0.25) is 0 Å². The van der Waals surface area contributed by atoms with Crippen LogP contribution in [0.15, 0.2) is 59.3 Å². The van der Waals surface area contributed by atoms with Crippen molar-refractivity contribution in [1.29, 1.82) is 0 Å². The van der Waals surface area contributed by atoms with Crippen LogP contribution in [0.3, 0.4) is 0 Å². The van der Waals surface area contributed by atoms with Crippen molar-refractivity contribution >= 4 is 22.1 Å². The minimum atomic E-state index is -0.662. The molecule has 0 amide bonds. The van der Waals surface area contributed by atoms with Crippen LogP contribution in [-0.4, -0.2) is 38.0 Å². The minimum absolute atomic E-state index is 0.0496. The molecule has 0 bridgehead atoms. The predicted octanol–water partition coefficient (Wildman–Crippen LogP) is 5.93. The lowest BCUT2D eigenvalue weighted by atomic mass is 9.86. The molecule has 2 atom stereocenters. The van der Waals surface area contributed by atoms with Gasteiger partial charge in [0.05, 0.1) is 34.6 Å². The molecular weight excluding hydrogens is 452 g/mol. The molecule has 0 aliphatic carbocycles. The topological polar surface area (TPSA) is 86.2 Å². The number of benzene rings is 1. The molecule has 7 nitrogen and oxygen atoms in total. The van der Waals surface area contributed by atoms with Crippen molar-refractivity contribution in [2.45, 2.75) is 45.8 Å². The molecule has 7 heteroatoms. The maximum atomic E-state index is 10.4. The van der Waals surface area contributed by atoms with E-state index in [1.54, 1.807) is 6.92 Å². The van der Waals surface area contributed by atoms with E-state index in [0.29, 0.717) is 11.6 Å². The number of fused-ring (bicyclic) bond motifs is 3. The third-order valence-electron chi connectivity index (χ3n) is 7.39. The monoisotopic (exact) mass is 482 g/mol. The summed E-state index contributed by atoms with van der Waals surface area (Å²) in [5.41, 5.74) is 7.42. The summed E-state index contributed by atoms with van der Waals surface area (Å²) in [6.07, 6.45) is 3.17. The highest BCUT2D eigenvalue weighted by Crippen LogP contribution is 2.41. The standard InChI is InChI=1S/C29H30N4O3/c1-17-26(19(3)36-32-17)22-15-25-27(30-16-22)23-9-10-24(18(2)34)31-29(23)33(25)28(20-7-5-4-6-8-20)21-11-13-35-14-12-21/h4-10,15-16,18,21,28,34H,11-14H2,1-3H3. The average molecular weight is 483 g/mol. The smallest absolute Gasteiger partial charge is 0.143 e. The van der Waals surface area contributed by atoms with Gasteiger partial charge < -0.3 is 18.9 Å². The van der Waals surface area contributed by atoms with Crippen molar-refractivity contribution in [2.24, 2.45) is 5.92 Å². The highest BCUT2D eigenvalue weighted by atomic mass is 16.5. The summed E-state index contributed by atoms with van der Waals surface area (Å²) in [4.78, 5) is 9.94. The second kappa shape index (κ2) is 9.15. The average Bonchev–Trinajstić information content (AvgIpc) is 3.41.